The van der Waals surface area contributed by atoms with Crippen LogP contribution in [0.25, 0.3) is 0 Å². The molecular weight excluding hydrogens is 300 g/mol. The first-order chi connectivity index (χ1) is 9.27. The van der Waals surface area contributed by atoms with Gasteiger partial charge in [-0.25, -0.2) is 8.42 Å². The minimum atomic E-state index is -3.70. The lowest BCUT2D eigenvalue weighted by atomic mass is 10.2. The van der Waals surface area contributed by atoms with Gasteiger partial charge >= 0.3 is 0 Å². The van der Waals surface area contributed by atoms with Gasteiger partial charge < -0.3 is 4.90 Å². The second-order valence-corrected chi connectivity index (χ2v) is 6.75. The molecule has 0 fully saturated rings. The monoisotopic (exact) mass is 318 g/mol. The number of amides is 1. The molecule has 112 valence electrons. The SMILES string of the molecule is CC(NS(=O)(=O)c1ccc(CCCl)cc1)C(=O)N(C)C. The average molecular weight is 319 g/mol. The van der Waals surface area contributed by atoms with Gasteiger partial charge in [-0.3, -0.25) is 4.79 Å². The number of sulfonamides is 1. The molecule has 1 N–H and O–H groups in total. The van der Waals surface area contributed by atoms with Crippen molar-refractivity contribution in [2.75, 3.05) is 20.0 Å². The standard InChI is InChI=1S/C13H19ClN2O3S/c1-10(13(17)16(2)3)15-20(18,19)12-6-4-11(5-7-12)8-9-14/h4-7,10,15H,8-9H2,1-3H3. The van der Waals surface area contributed by atoms with Gasteiger partial charge in [0.05, 0.1) is 10.9 Å². The average Bonchev–Trinajstić information content (AvgIpc) is 2.38. The van der Waals surface area contributed by atoms with E-state index < -0.39 is 16.1 Å². The highest BCUT2D eigenvalue weighted by atomic mass is 35.5. The molecule has 20 heavy (non-hydrogen) atoms. The number of alkyl halides is 1. The molecule has 1 aromatic carbocycles. The zero-order chi connectivity index (χ0) is 15.3. The van der Waals surface area contributed by atoms with Gasteiger partial charge in [-0.2, -0.15) is 4.72 Å². The first-order valence-corrected chi connectivity index (χ1v) is 8.18. The molecule has 7 heteroatoms. The molecule has 0 bridgehead atoms. The van der Waals surface area contributed by atoms with E-state index in [1.807, 2.05) is 0 Å². The Bertz CT molecular complexity index is 555. The van der Waals surface area contributed by atoms with E-state index in [-0.39, 0.29) is 10.8 Å². The summed E-state index contributed by atoms with van der Waals surface area (Å²) >= 11 is 5.63. The Labute approximate surface area is 125 Å². The molecule has 1 amide bonds. The minimum absolute atomic E-state index is 0.134. The summed E-state index contributed by atoms with van der Waals surface area (Å²) in [6.45, 7) is 1.52. The predicted octanol–water partition coefficient (Wildman–Crippen LogP) is 1.22. The smallest absolute Gasteiger partial charge is 0.241 e. The third-order valence-corrected chi connectivity index (χ3v) is 4.51. The van der Waals surface area contributed by atoms with Crippen LogP contribution in [-0.4, -0.2) is 45.2 Å². The second-order valence-electron chi connectivity index (χ2n) is 4.66. The van der Waals surface area contributed by atoms with Crippen molar-refractivity contribution in [1.82, 2.24) is 9.62 Å². The summed E-state index contributed by atoms with van der Waals surface area (Å²) in [6.07, 6.45) is 0.685. The van der Waals surface area contributed by atoms with Gasteiger partial charge in [-0.05, 0) is 31.0 Å². The van der Waals surface area contributed by atoms with Crippen LogP contribution in [-0.2, 0) is 21.2 Å². The number of aryl methyl sites for hydroxylation is 1. The summed E-state index contributed by atoms with van der Waals surface area (Å²) in [5.74, 6) is 0.186. The lowest BCUT2D eigenvalue weighted by molar-refractivity contribution is -0.130. The maximum absolute atomic E-state index is 12.1. The Morgan fingerprint density at radius 3 is 2.30 bits per heavy atom. The van der Waals surface area contributed by atoms with Crippen molar-refractivity contribution < 1.29 is 13.2 Å². The third-order valence-electron chi connectivity index (χ3n) is 2.76. The van der Waals surface area contributed by atoms with E-state index in [2.05, 4.69) is 4.72 Å². The number of nitrogens with zero attached hydrogens (tertiary/aromatic N) is 1. The molecule has 1 rings (SSSR count). The lowest BCUT2D eigenvalue weighted by Gasteiger charge is -2.18. The highest BCUT2D eigenvalue weighted by molar-refractivity contribution is 7.89. The van der Waals surface area contributed by atoms with Crippen LogP contribution >= 0.6 is 11.6 Å². The van der Waals surface area contributed by atoms with Gasteiger partial charge in [-0.15, -0.1) is 11.6 Å². The molecule has 1 aromatic rings. The minimum Gasteiger partial charge on any atom is -0.347 e. The van der Waals surface area contributed by atoms with E-state index in [1.54, 1.807) is 26.2 Å². The fourth-order valence-electron chi connectivity index (χ4n) is 1.68. The summed E-state index contributed by atoms with van der Waals surface area (Å²) in [7, 11) is -0.545. The number of halogens is 1. The predicted molar refractivity (Wildman–Crippen MR) is 79.3 cm³/mol. The number of hydrogen-bond acceptors (Lipinski definition) is 3. The van der Waals surface area contributed by atoms with E-state index in [4.69, 9.17) is 11.6 Å². The van der Waals surface area contributed by atoms with E-state index >= 15 is 0 Å². The summed E-state index contributed by atoms with van der Waals surface area (Å²) in [4.78, 5) is 13.2. The van der Waals surface area contributed by atoms with Gasteiger partial charge in [0.15, 0.2) is 0 Å². The van der Waals surface area contributed by atoms with Crippen LogP contribution in [0.4, 0.5) is 0 Å². The Morgan fingerprint density at radius 1 is 1.30 bits per heavy atom. The fraction of sp³-hybridized carbons (Fsp3) is 0.462. The molecule has 0 spiro atoms. The lowest BCUT2D eigenvalue weighted by Crippen LogP contribution is -2.44. The zero-order valence-corrected chi connectivity index (χ0v) is 13.3. The Balaban J connectivity index is 2.86. The van der Waals surface area contributed by atoms with Crippen molar-refractivity contribution in [3.8, 4) is 0 Å². The molecule has 0 saturated carbocycles. The van der Waals surface area contributed by atoms with Crippen LogP contribution in [0, 0.1) is 0 Å². The van der Waals surface area contributed by atoms with Crippen LogP contribution in [0.1, 0.15) is 12.5 Å². The maximum atomic E-state index is 12.1. The van der Waals surface area contributed by atoms with Gasteiger partial charge in [0, 0.05) is 20.0 Å². The summed E-state index contributed by atoms with van der Waals surface area (Å²) in [5.41, 5.74) is 0.969. The van der Waals surface area contributed by atoms with Crippen LogP contribution in [0.3, 0.4) is 0 Å². The van der Waals surface area contributed by atoms with Crippen molar-refractivity contribution in [2.24, 2.45) is 0 Å². The van der Waals surface area contributed by atoms with Crippen LogP contribution in [0.15, 0.2) is 29.2 Å². The van der Waals surface area contributed by atoms with Gasteiger partial charge in [-0.1, -0.05) is 12.1 Å². The molecule has 0 heterocycles. The number of rotatable bonds is 6. The number of carbonyl (C=O) groups excluding carboxylic acids is 1. The number of nitrogens with one attached hydrogen (secondary N) is 1. The Morgan fingerprint density at radius 2 is 1.85 bits per heavy atom. The summed E-state index contributed by atoms with van der Waals surface area (Å²) in [6, 6.07) is 5.65. The third kappa shape index (κ3) is 4.47. The van der Waals surface area contributed by atoms with E-state index in [0.717, 1.165) is 5.56 Å². The highest BCUT2D eigenvalue weighted by Crippen LogP contribution is 2.12. The summed E-state index contributed by atoms with van der Waals surface area (Å²) < 4.78 is 26.6. The molecule has 1 atom stereocenters. The molecule has 5 nitrogen and oxygen atoms in total. The quantitative estimate of drug-likeness (QED) is 0.802. The number of benzene rings is 1. The van der Waals surface area contributed by atoms with E-state index in [1.165, 1.54) is 24.0 Å². The zero-order valence-electron chi connectivity index (χ0n) is 11.8. The Kier molecular flexibility index (Phi) is 5.98. The van der Waals surface area contributed by atoms with Crippen molar-refractivity contribution >= 4 is 27.5 Å². The summed E-state index contributed by atoms with van der Waals surface area (Å²) in [5, 5.41) is 0. The topological polar surface area (TPSA) is 66.5 Å². The van der Waals surface area contributed by atoms with Crippen molar-refractivity contribution in [3.05, 3.63) is 29.8 Å². The molecule has 0 aliphatic heterocycles. The molecule has 0 aliphatic carbocycles. The number of carbonyl (C=O) groups is 1. The van der Waals surface area contributed by atoms with Gasteiger partial charge in [0.25, 0.3) is 0 Å². The van der Waals surface area contributed by atoms with Crippen molar-refractivity contribution in [2.45, 2.75) is 24.3 Å². The fourth-order valence-corrected chi connectivity index (χ4v) is 3.10. The van der Waals surface area contributed by atoms with Gasteiger partial charge in [0.2, 0.25) is 15.9 Å². The Hall–Kier alpha value is -1.11. The van der Waals surface area contributed by atoms with E-state index in [9.17, 15) is 13.2 Å². The maximum Gasteiger partial charge on any atom is 0.241 e. The first kappa shape index (κ1) is 16.9. The van der Waals surface area contributed by atoms with Crippen LogP contribution < -0.4 is 4.72 Å². The largest absolute Gasteiger partial charge is 0.347 e. The van der Waals surface area contributed by atoms with Crippen molar-refractivity contribution in [1.29, 1.82) is 0 Å². The molecule has 0 aliphatic rings. The molecule has 0 radical (unpaired) electrons. The number of likely N-dealkylation sites (N-methyl/N-ethyl adjacent to an activating group) is 1. The normalized spacial score (nSPS) is 13.0. The van der Waals surface area contributed by atoms with Crippen LogP contribution in [0.5, 0.6) is 0 Å². The first-order valence-electron chi connectivity index (χ1n) is 6.16. The molecular formula is C13H19ClN2O3S. The molecule has 0 aromatic heterocycles. The molecule has 0 saturated heterocycles. The van der Waals surface area contributed by atoms with Crippen molar-refractivity contribution in [3.63, 3.8) is 0 Å². The number of hydrogen-bond donors (Lipinski definition) is 1. The van der Waals surface area contributed by atoms with Gasteiger partial charge in [0.1, 0.15) is 0 Å². The van der Waals surface area contributed by atoms with E-state index in [0.29, 0.717) is 12.3 Å². The molecule has 1 unspecified atom stereocenters. The second kappa shape index (κ2) is 7.06. The highest BCUT2D eigenvalue weighted by Gasteiger charge is 2.22. The van der Waals surface area contributed by atoms with Crippen LogP contribution in [0.2, 0.25) is 0 Å².